The third-order valence-electron chi connectivity index (χ3n) is 18.4. The van der Waals surface area contributed by atoms with Crippen molar-refractivity contribution >= 4 is 85.7 Å². The molecule has 0 spiro atoms. The van der Waals surface area contributed by atoms with E-state index in [0.29, 0.717) is 85.3 Å². The minimum atomic E-state index is -1.19. The van der Waals surface area contributed by atoms with Crippen molar-refractivity contribution in [2.75, 3.05) is 48.8 Å². The minimum absolute atomic E-state index is 0.00848. The third-order valence-corrected chi connectivity index (χ3v) is 19.4. The maximum atomic E-state index is 14.4. The van der Waals surface area contributed by atoms with Gasteiger partial charge in [-0.05, 0) is 148 Å². The highest BCUT2D eigenvalue weighted by atomic mass is 32.1. The molecule has 22 nitrogen and oxygen atoms in total. The summed E-state index contributed by atoms with van der Waals surface area (Å²) in [5, 5.41) is 27.3. The molecule has 3 aromatic heterocycles. The lowest BCUT2D eigenvalue weighted by atomic mass is 9.39. The van der Waals surface area contributed by atoms with Crippen molar-refractivity contribution in [2.45, 2.75) is 142 Å². The van der Waals surface area contributed by atoms with E-state index in [1.165, 1.54) is 42.2 Å². The number of carboxylic acids is 1. The van der Waals surface area contributed by atoms with Crippen molar-refractivity contribution in [3.8, 4) is 11.1 Å². The first-order valence-corrected chi connectivity index (χ1v) is 31.6. The summed E-state index contributed by atoms with van der Waals surface area (Å²) in [5.74, 6) is -3.12. The highest BCUT2D eigenvalue weighted by Crippen LogP contribution is 2.72. The zero-order valence-corrected chi connectivity index (χ0v) is 52.5. The van der Waals surface area contributed by atoms with Crippen LogP contribution in [0.4, 0.5) is 21.4 Å². The normalized spacial score (nSPS) is 22.9. The summed E-state index contributed by atoms with van der Waals surface area (Å²) in [6.07, 6.45) is 11.9. The standard InChI is InChI=1S/C67H77N11O11S/c1-41(69-53(79)18-8-7-13-28-77-54(80)25-26-55(77)81)58(82)70-42(2)59(83)71-46-21-19-44(20-22-46)33-88-63(87)75(6)30-31-89-67-37-64(4)34-65(5,38-67)36-66(35-64,39-67)40-78-43(3)49(32-68-78)48-23-24-52(73-56(48)61(85)86)76-29-27-45-14-9-10-15-47(45)57(76)60(84)74-62-72-50-16-11-12-17-51(50)90-62/h9-12,14-17,19-26,32,41-42,57H,7-8,13,18,27-31,33-40H2,1-6H3,(H,69,79)(H,70,82)(H,71,83)(H,85,86)(H,72,74,84)/t41-,42-,57-,64?,65?,66?,67?/m0/s1. The Kier molecular flexibility index (Phi) is 17.8. The largest absolute Gasteiger partial charge is 0.476 e. The second kappa shape index (κ2) is 25.6. The van der Waals surface area contributed by atoms with E-state index in [2.05, 4.69) is 40.1 Å². The van der Waals surface area contributed by atoms with Crippen molar-refractivity contribution in [1.82, 2.24) is 40.2 Å². The number of benzene rings is 3. The van der Waals surface area contributed by atoms with Gasteiger partial charge in [-0.1, -0.05) is 80.1 Å². The number of carbonyl (C=O) groups excluding carboxylic acids is 7. The number of hydrogen-bond acceptors (Lipinski definition) is 15. The quantitative estimate of drug-likeness (QED) is 0.0279. The van der Waals surface area contributed by atoms with Crippen LogP contribution in [0.3, 0.4) is 0 Å². The number of nitrogens with zero attached hydrogens (tertiary/aromatic N) is 7. The number of nitrogens with one attached hydrogen (secondary N) is 4. The van der Waals surface area contributed by atoms with Gasteiger partial charge in [0.05, 0.1) is 28.6 Å². The smallest absolute Gasteiger partial charge is 0.409 e. The van der Waals surface area contributed by atoms with Gasteiger partial charge in [0, 0.05) is 74.3 Å². The molecular formula is C67H77N11O11S. The molecule has 7 amide bonds. The Hall–Kier alpha value is -8.83. The average Bonchev–Trinajstić information content (AvgIpc) is 0.851. The van der Waals surface area contributed by atoms with Crippen LogP contribution in [0.2, 0.25) is 0 Å². The lowest BCUT2D eigenvalue weighted by Gasteiger charge is -2.69. The van der Waals surface area contributed by atoms with E-state index in [0.717, 1.165) is 70.5 Å². The molecule has 2 unspecified atom stereocenters. The van der Waals surface area contributed by atoms with E-state index >= 15 is 0 Å². The Labute approximate surface area is 526 Å². The number of thiazole rings is 1. The van der Waals surface area contributed by atoms with Gasteiger partial charge in [-0.25, -0.2) is 19.6 Å². The van der Waals surface area contributed by atoms with Gasteiger partial charge in [0.1, 0.15) is 30.6 Å². The van der Waals surface area contributed by atoms with E-state index in [9.17, 15) is 43.5 Å². The number of anilines is 3. The number of hydrogen-bond donors (Lipinski definition) is 5. The van der Waals surface area contributed by atoms with Crippen LogP contribution >= 0.6 is 11.3 Å². The number of aromatic carboxylic acids is 1. The Morgan fingerprint density at radius 3 is 2.23 bits per heavy atom. The molecule has 6 aliphatic rings. The first-order chi connectivity index (χ1) is 43.0. The Morgan fingerprint density at radius 2 is 1.50 bits per heavy atom. The number of likely N-dealkylation sites (N-methyl/N-ethyl adjacent to an activating group) is 1. The highest BCUT2D eigenvalue weighted by Gasteiger charge is 2.66. The number of pyridine rings is 1. The summed E-state index contributed by atoms with van der Waals surface area (Å²) < 4.78 is 15.6. The van der Waals surface area contributed by atoms with Gasteiger partial charge in [-0.3, -0.25) is 43.7 Å². The molecule has 2 aliphatic heterocycles. The lowest BCUT2D eigenvalue weighted by Crippen LogP contribution is -2.64. The fraction of sp³-hybridized carbons (Fsp3) is 0.448. The lowest BCUT2D eigenvalue weighted by molar-refractivity contribution is -0.248. The topological polar surface area (TPSA) is 277 Å². The Bertz CT molecular complexity index is 3750. The number of imide groups is 1. The van der Waals surface area contributed by atoms with E-state index in [1.54, 1.807) is 49.6 Å². The van der Waals surface area contributed by atoms with Crippen molar-refractivity contribution < 1.29 is 52.9 Å². The minimum Gasteiger partial charge on any atom is -0.476 e. The molecule has 23 heteroatoms. The number of carboxylic acid groups (broad SMARTS) is 1. The van der Waals surface area contributed by atoms with Gasteiger partial charge in [0.25, 0.3) is 17.7 Å². The number of para-hydroxylation sites is 1. The molecule has 3 aromatic carbocycles. The Balaban J connectivity index is 0.659. The summed E-state index contributed by atoms with van der Waals surface area (Å²) in [4.78, 5) is 117. The molecule has 5 atom stereocenters. The van der Waals surface area contributed by atoms with Gasteiger partial charge in [0.2, 0.25) is 17.7 Å². The molecule has 6 aromatic rings. The number of aromatic nitrogens is 4. The van der Waals surface area contributed by atoms with Crippen LogP contribution in [0.15, 0.2) is 103 Å². The number of ether oxygens (including phenoxy) is 2. The van der Waals surface area contributed by atoms with Gasteiger partial charge >= 0.3 is 12.1 Å². The molecule has 90 heavy (non-hydrogen) atoms. The van der Waals surface area contributed by atoms with Crippen LogP contribution in [0.5, 0.6) is 0 Å². The van der Waals surface area contributed by atoms with Crippen LogP contribution in [0.25, 0.3) is 21.3 Å². The molecule has 4 aliphatic carbocycles. The zero-order valence-electron chi connectivity index (χ0n) is 51.6. The van der Waals surface area contributed by atoms with Crippen LogP contribution in [0.1, 0.15) is 131 Å². The SMILES string of the molecule is Cc1c(-c2ccc(N3CCc4ccccc4[C@H]3C(=O)Nc3nc4ccccc4s3)nc2C(=O)O)cnn1CC12CC3(C)CC(C)(C1)CC(OCCN(C)C(=O)OCc1ccc(NC(=O)[C@H](C)NC(=O)[C@H](C)NC(=O)CCCCCN4C(=O)C=CC4=O)cc1)(C3)C2. The molecule has 0 saturated heterocycles. The van der Waals surface area contributed by atoms with Crippen LogP contribution in [0, 0.1) is 23.2 Å². The summed E-state index contributed by atoms with van der Waals surface area (Å²) >= 11 is 1.40. The molecule has 5 heterocycles. The predicted molar refractivity (Wildman–Crippen MR) is 338 cm³/mol. The van der Waals surface area contributed by atoms with Crippen molar-refractivity contribution in [3.63, 3.8) is 0 Å². The highest BCUT2D eigenvalue weighted by molar-refractivity contribution is 7.22. The molecule has 0 radical (unpaired) electrons. The number of rotatable bonds is 24. The van der Waals surface area contributed by atoms with E-state index in [4.69, 9.17) is 19.6 Å². The summed E-state index contributed by atoms with van der Waals surface area (Å²) in [6, 6.07) is 23.3. The summed E-state index contributed by atoms with van der Waals surface area (Å²) in [7, 11) is 1.68. The van der Waals surface area contributed by atoms with Crippen LogP contribution in [-0.2, 0) is 57.8 Å². The van der Waals surface area contributed by atoms with E-state index < -0.39 is 47.6 Å². The van der Waals surface area contributed by atoms with E-state index in [1.807, 2.05) is 65.0 Å². The van der Waals surface area contributed by atoms with Gasteiger partial charge in [-0.15, -0.1) is 0 Å². The molecule has 4 saturated carbocycles. The second-order valence-corrected chi connectivity index (χ2v) is 27.1. The average molecular weight is 1240 g/mol. The summed E-state index contributed by atoms with van der Waals surface area (Å²) in [6.45, 7) is 11.7. The fourth-order valence-corrected chi connectivity index (χ4v) is 16.2. The van der Waals surface area contributed by atoms with Gasteiger partial charge in [0.15, 0.2) is 10.8 Å². The van der Waals surface area contributed by atoms with Gasteiger partial charge < -0.3 is 40.3 Å². The van der Waals surface area contributed by atoms with Crippen molar-refractivity contribution in [2.24, 2.45) is 16.2 Å². The molecule has 472 valence electrons. The monoisotopic (exact) mass is 1240 g/mol. The first-order valence-electron chi connectivity index (χ1n) is 30.8. The fourth-order valence-electron chi connectivity index (χ4n) is 15.4. The molecule has 4 bridgehead atoms. The molecular weight excluding hydrogens is 1170 g/mol. The maximum Gasteiger partial charge on any atom is 0.409 e. The molecule has 5 N–H and O–H groups in total. The molecule has 12 rings (SSSR count). The molecule has 4 fully saturated rings. The zero-order chi connectivity index (χ0) is 63.7. The predicted octanol–water partition coefficient (Wildman–Crippen LogP) is 9.14. The maximum absolute atomic E-state index is 14.4. The Morgan fingerprint density at radius 1 is 0.789 bits per heavy atom. The van der Waals surface area contributed by atoms with E-state index in [-0.39, 0.29) is 65.1 Å². The van der Waals surface area contributed by atoms with Crippen molar-refractivity contribution in [3.05, 3.63) is 131 Å². The number of unbranched alkanes of at least 4 members (excludes halogenated alkanes) is 2. The summed E-state index contributed by atoms with van der Waals surface area (Å²) in [5.41, 5.74) is 5.10. The third kappa shape index (κ3) is 13.7. The van der Waals surface area contributed by atoms with Gasteiger partial charge in [-0.2, -0.15) is 5.10 Å². The number of amides is 7. The second-order valence-electron chi connectivity index (χ2n) is 26.1. The first kappa shape index (κ1) is 62.8. The van der Waals surface area contributed by atoms with Crippen LogP contribution in [-0.4, -0.2) is 133 Å². The van der Waals surface area contributed by atoms with Crippen molar-refractivity contribution in [1.29, 1.82) is 0 Å². The van der Waals surface area contributed by atoms with Crippen LogP contribution < -0.4 is 26.2 Å². The number of fused-ring (bicyclic) bond motifs is 2. The number of carbonyl (C=O) groups is 8.